The number of rotatable bonds is 2. The van der Waals surface area contributed by atoms with Gasteiger partial charge in [0.05, 0.1) is 5.69 Å². The first-order valence-electron chi connectivity index (χ1n) is 5.72. The lowest BCUT2D eigenvalue weighted by Crippen LogP contribution is -2.48. The second-order valence-corrected chi connectivity index (χ2v) is 4.02. The van der Waals surface area contributed by atoms with E-state index in [-0.39, 0.29) is 5.91 Å². The highest BCUT2D eigenvalue weighted by Gasteiger charge is 2.21. The number of amides is 1. The minimum atomic E-state index is 0.128. The van der Waals surface area contributed by atoms with Crippen molar-refractivity contribution in [3.05, 3.63) is 18.1 Å². The molecule has 0 radical (unpaired) electrons. The van der Waals surface area contributed by atoms with Crippen LogP contribution in [-0.2, 0) is 11.3 Å². The van der Waals surface area contributed by atoms with Gasteiger partial charge in [-0.2, -0.15) is 0 Å². The summed E-state index contributed by atoms with van der Waals surface area (Å²) in [4.78, 5) is 23.7. The maximum absolute atomic E-state index is 11.2. The van der Waals surface area contributed by atoms with Gasteiger partial charge in [-0.15, -0.1) is 0 Å². The number of piperazine rings is 1. The number of hydrogen-bond donors (Lipinski definition) is 1. The summed E-state index contributed by atoms with van der Waals surface area (Å²) in [7, 11) is 0. The maximum Gasteiger partial charge on any atom is 0.219 e. The summed E-state index contributed by atoms with van der Waals surface area (Å²) >= 11 is 0. The van der Waals surface area contributed by atoms with Crippen molar-refractivity contribution in [1.29, 1.82) is 0 Å². The molecule has 0 aliphatic carbocycles. The van der Waals surface area contributed by atoms with E-state index in [0.717, 1.165) is 37.7 Å². The van der Waals surface area contributed by atoms with E-state index in [4.69, 9.17) is 5.73 Å². The molecule has 6 heteroatoms. The van der Waals surface area contributed by atoms with E-state index in [1.165, 1.54) is 0 Å². The van der Waals surface area contributed by atoms with Crippen molar-refractivity contribution in [3.63, 3.8) is 0 Å². The molecular formula is C11H17N5O. The number of carbonyl (C=O) groups excluding carboxylic acids is 1. The quantitative estimate of drug-likeness (QED) is 0.755. The van der Waals surface area contributed by atoms with Crippen molar-refractivity contribution in [2.75, 3.05) is 31.1 Å². The zero-order chi connectivity index (χ0) is 12.3. The molecule has 92 valence electrons. The molecule has 2 N–H and O–H groups in total. The predicted molar refractivity (Wildman–Crippen MR) is 64.4 cm³/mol. The fourth-order valence-electron chi connectivity index (χ4n) is 2.00. The number of anilines is 1. The smallest absolute Gasteiger partial charge is 0.219 e. The summed E-state index contributed by atoms with van der Waals surface area (Å²) in [5, 5.41) is 0. The Balaban J connectivity index is 2.07. The molecule has 0 bridgehead atoms. The number of nitrogens with two attached hydrogens (primary N) is 1. The summed E-state index contributed by atoms with van der Waals surface area (Å²) < 4.78 is 0. The number of aromatic nitrogens is 2. The third-order valence-electron chi connectivity index (χ3n) is 2.97. The number of nitrogens with zero attached hydrogens (tertiary/aromatic N) is 4. The third kappa shape index (κ3) is 2.52. The Hall–Kier alpha value is -1.69. The standard InChI is InChI=1S/C11H17N5O/c1-9(17)15-4-6-16(7-5-15)11-10(8-12)13-2-3-14-11/h2-3H,4-8,12H2,1H3. The van der Waals surface area contributed by atoms with Gasteiger partial charge >= 0.3 is 0 Å². The van der Waals surface area contributed by atoms with Crippen molar-refractivity contribution < 1.29 is 4.79 Å². The van der Waals surface area contributed by atoms with Gasteiger partial charge in [0, 0.05) is 52.0 Å². The Bertz CT molecular complexity index is 401. The molecule has 1 aromatic heterocycles. The Labute approximate surface area is 100 Å². The molecule has 0 saturated carbocycles. The first-order valence-corrected chi connectivity index (χ1v) is 5.72. The fourth-order valence-corrected chi connectivity index (χ4v) is 2.00. The molecule has 2 heterocycles. The van der Waals surface area contributed by atoms with Gasteiger partial charge in [-0.25, -0.2) is 4.98 Å². The van der Waals surface area contributed by atoms with Crippen LogP contribution in [0.5, 0.6) is 0 Å². The molecule has 2 rings (SSSR count). The van der Waals surface area contributed by atoms with Gasteiger partial charge in [0.15, 0.2) is 5.82 Å². The predicted octanol–water partition coefficient (Wildman–Crippen LogP) is -0.396. The summed E-state index contributed by atoms with van der Waals surface area (Å²) in [6, 6.07) is 0. The molecule has 0 spiro atoms. The normalized spacial score (nSPS) is 16.1. The molecule has 0 unspecified atom stereocenters. The van der Waals surface area contributed by atoms with Crippen LogP contribution in [0.15, 0.2) is 12.4 Å². The third-order valence-corrected chi connectivity index (χ3v) is 2.97. The zero-order valence-electron chi connectivity index (χ0n) is 9.96. The molecule has 17 heavy (non-hydrogen) atoms. The molecular weight excluding hydrogens is 218 g/mol. The Morgan fingerprint density at radius 1 is 1.29 bits per heavy atom. The van der Waals surface area contributed by atoms with Crippen molar-refractivity contribution in [1.82, 2.24) is 14.9 Å². The van der Waals surface area contributed by atoms with Gasteiger partial charge in [-0.05, 0) is 0 Å². The van der Waals surface area contributed by atoms with Crippen molar-refractivity contribution in [2.24, 2.45) is 5.73 Å². The second kappa shape index (κ2) is 5.09. The number of hydrogen-bond acceptors (Lipinski definition) is 5. The molecule has 1 saturated heterocycles. The topological polar surface area (TPSA) is 75.4 Å². The first kappa shape index (κ1) is 11.8. The van der Waals surface area contributed by atoms with Gasteiger partial charge in [-0.1, -0.05) is 0 Å². The van der Waals surface area contributed by atoms with Gasteiger partial charge in [-0.3, -0.25) is 9.78 Å². The molecule has 1 fully saturated rings. The van der Waals surface area contributed by atoms with E-state index >= 15 is 0 Å². The van der Waals surface area contributed by atoms with E-state index in [2.05, 4.69) is 14.9 Å². The first-order chi connectivity index (χ1) is 8.22. The fraction of sp³-hybridized carbons (Fsp3) is 0.545. The molecule has 0 aromatic carbocycles. The Morgan fingerprint density at radius 3 is 2.53 bits per heavy atom. The summed E-state index contributed by atoms with van der Waals surface area (Å²) in [5.74, 6) is 0.973. The molecule has 1 aliphatic heterocycles. The summed E-state index contributed by atoms with van der Waals surface area (Å²) in [6.07, 6.45) is 3.32. The van der Waals surface area contributed by atoms with Crippen LogP contribution >= 0.6 is 0 Å². The Morgan fingerprint density at radius 2 is 1.94 bits per heavy atom. The van der Waals surface area contributed by atoms with E-state index in [0.29, 0.717) is 6.54 Å². The van der Waals surface area contributed by atoms with Crippen LogP contribution in [0.25, 0.3) is 0 Å². The van der Waals surface area contributed by atoms with E-state index in [1.54, 1.807) is 19.3 Å². The van der Waals surface area contributed by atoms with Crippen LogP contribution in [0.2, 0.25) is 0 Å². The average molecular weight is 235 g/mol. The van der Waals surface area contributed by atoms with Crippen LogP contribution < -0.4 is 10.6 Å². The Kier molecular flexibility index (Phi) is 3.53. The van der Waals surface area contributed by atoms with Crippen molar-refractivity contribution in [2.45, 2.75) is 13.5 Å². The minimum absolute atomic E-state index is 0.128. The monoisotopic (exact) mass is 235 g/mol. The minimum Gasteiger partial charge on any atom is -0.352 e. The van der Waals surface area contributed by atoms with Gasteiger partial charge < -0.3 is 15.5 Å². The molecule has 6 nitrogen and oxygen atoms in total. The SMILES string of the molecule is CC(=O)N1CCN(c2nccnc2CN)CC1. The van der Waals surface area contributed by atoms with E-state index in [9.17, 15) is 4.79 Å². The average Bonchev–Trinajstić information content (AvgIpc) is 2.39. The lowest BCUT2D eigenvalue weighted by atomic mass is 10.3. The van der Waals surface area contributed by atoms with E-state index < -0.39 is 0 Å². The lowest BCUT2D eigenvalue weighted by molar-refractivity contribution is -0.129. The highest BCUT2D eigenvalue weighted by Crippen LogP contribution is 2.16. The molecule has 1 aromatic rings. The lowest BCUT2D eigenvalue weighted by Gasteiger charge is -2.35. The second-order valence-electron chi connectivity index (χ2n) is 4.02. The number of carbonyl (C=O) groups is 1. The maximum atomic E-state index is 11.2. The van der Waals surface area contributed by atoms with Gasteiger partial charge in [0.2, 0.25) is 5.91 Å². The molecule has 0 atom stereocenters. The van der Waals surface area contributed by atoms with Crippen LogP contribution in [0, 0.1) is 0 Å². The largest absolute Gasteiger partial charge is 0.352 e. The van der Waals surface area contributed by atoms with Crippen LogP contribution in [0.1, 0.15) is 12.6 Å². The van der Waals surface area contributed by atoms with Crippen LogP contribution in [0.3, 0.4) is 0 Å². The van der Waals surface area contributed by atoms with Crippen LogP contribution in [0.4, 0.5) is 5.82 Å². The molecule has 1 aliphatic rings. The van der Waals surface area contributed by atoms with Gasteiger partial charge in [0.25, 0.3) is 0 Å². The molecule has 1 amide bonds. The van der Waals surface area contributed by atoms with Crippen molar-refractivity contribution >= 4 is 11.7 Å². The zero-order valence-corrected chi connectivity index (χ0v) is 9.96. The highest BCUT2D eigenvalue weighted by atomic mass is 16.2. The van der Waals surface area contributed by atoms with Crippen LogP contribution in [-0.4, -0.2) is 47.0 Å². The van der Waals surface area contributed by atoms with Gasteiger partial charge in [0.1, 0.15) is 0 Å². The van der Waals surface area contributed by atoms with Crippen molar-refractivity contribution in [3.8, 4) is 0 Å². The van der Waals surface area contributed by atoms with E-state index in [1.807, 2.05) is 4.90 Å². The summed E-state index contributed by atoms with van der Waals surface area (Å²) in [6.45, 7) is 5.02. The summed E-state index contributed by atoms with van der Waals surface area (Å²) in [5.41, 5.74) is 6.45. The highest BCUT2D eigenvalue weighted by molar-refractivity contribution is 5.73.